The Kier molecular flexibility index (Phi) is 5.17. The average Bonchev–Trinajstić information content (AvgIpc) is 2.58. The molecular weight excluding hydrogens is 328 g/mol. The maximum atomic E-state index is 13.0. The van der Waals surface area contributed by atoms with E-state index in [1.54, 1.807) is 13.0 Å². The van der Waals surface area contributed by atoms with E-state index in [-0.39, 0.29) is 33.9 Å². The smallest absolute Gasteiger partial charge is 0.338 e. The summed E-state index contributed by atoms with van der Waals surface area (Å²) in [6, 6.07) is 5.41. The summed E-state index contributed by atoms with van der Waals surface area (Å²) in [5, 5.41) is 20.4. The highest BCUT2D eigenvalue weighted by atomic mass is 16.5. The number of benzene rings is 2. The Bertz CT molecular complexity index is 840. The number of ether oxygens (including phenoxy) is 3. The predicted octanol–water partition coefficient (Wildman–Crippen LogP) is 2.44. The van der Waals surface area contributed by atoms with E-state index in [9.17, 15) is 19.8 Å². The zero-order valence-corrected chi connectivity index (χ0v) is 14.2. The van der Waals surface area contributed by atoms with Crippen LogP contribution in [0.15, 0.2) is 24.3 Å². The zero-order valence-electron chi connectivity index (χ0n) is 14.2. The van der Waals surface area contributed by atoms with Gasteiger partial charge in [-0.1, -0.05) is 0 Å². The number of carbonyl (C=O) groups excluding carboxylic acids is 2. The van der Waals surface area contributed by atoms with Crippen LogP contribution >= 0.6 is 0 Å². The first-order valence-electron chi connectivity index (χ1n) is 7.25. The standard InChI is InChI=1S/C18H18O7/c1-9-5-12(19)16(14(6-9)24-3)17(21)15-11(18(22)25-4)7-10(23-2)8-13(15)20/h5-8,19-20H,1-4H3. The minimum absolute atomic E-state index is 0.119. The van der Waals surface area contributed by atoms with Crippen molar-refractivity contribution in [2.45, 2.75) is 6.92 Å². The third kappa shape index (κ3) is 3.35. The third-order valence-electron chi connectivity index (χ3n) is 3.63. The molecule has 0 aromatic heterocycles. The molecule has 7 nitrogen and oxygen atoms in total. The lowest BCUT2D eigenvalue weighted by Gasteiger charge is -2.15. The van der Waals surface area contributed by atoms with E-state index in [1.165, 1.54) is 32.4 Å². The number of esters is 1. The van der Waals surface area contributed by atoms with Crippen LogP contribution in [0.5, 0.6) is 23.0 Å². The van der Waals surface area contributed by atoms with Crippen LogP contribution in [0.3, 0.4) is 0 Å². The van der Waals surface area contributed by atoms with Gasteiger partial charge in [-0.15, -0.1) is 0 Å². The molecule has 0 heterocycles. The summed E-state index contributed by atoms with van der Waals surface area (Å²) >= 11 is 0. The molecule has 2 N–H and O–H groups in total. The molecule has 0 spiro atoms. The predicted molar refractivity (Wildman–Crippen MR) is 88.8 cm³/mol. The second-order valence-corrected chi connectivity index (χ2v) is 5.25. The van der Waals surface area contributed by atoms with Gasteiger partial charge in [-0.25, -0.2) is 4.79 Å². The molecule has 0 amide bonds. The minimum Gasteiger partial charge on any atom is -0.507 e. The fourth-order valence-electron chi connectivity index (χ4n) is 2.48. The fourth-order valence-corrected chi connectivity index (χ4v) is 2.48. The SMILES string of the molecule is COC(=O)c1cc(OC)cc(O)c1C(=O)c1c(O)cc(C)cc1OC. The number of phenols is 2. The molecule has 0 aliphatic rings. The van der Waals surface area contributed by atoms with Crippen molar-refractivity contribution in [3.63, 3.8) is 0 Å². The van der Waals surface area contributed by atoms with Crippen molar-refractivity contribution < 1.29 is 34.0 Å². The number of aryl methyl sites for hydroxylation is 1. The van der Waals surface area contributed by atoms with Gasteiger partial charge in [-0.05, 0) is 30.7 Å². The molecule has 0 bridgehead atoms. The van der Waals surface area contributed by atoms with Crippen molar-refractivity contribution in [1.82, 2.24) is 0 Å². The summed E-state index contributed by atoms with van der Waals surface area (Å²) < 4.78 is 14.8. The molecule has 132 valence electrons. The number of hydrogen-bond donors (Lipinski definition) is 2. The van der Waals surface area contributed by atoms with Gasteiger partial charge in [0, 0.05) is 6.07 Å². The highest BCUT2D eigenvalue weighted by molar-refractivity contribution is 6.18. The first-order valence-corrected chi connectivity index (χ1v) is 7.25. The van der Waals surface area contributed by atoms with Crippen LogP contribution in [-0.4, -0.2) is 43.3 Å². The van der Waals surface area contributed by atoms with Crippen molar-refractivity contribution in [1.29, 1.82) is 0 Å². The highest BCUT2D eigenvalue weighted by Crippen LogP contribution is 2.36. The summed E-state index contributed by atoms with van der Waals surface area (Å²) in [5.41, 5.74) is 0.00763. The Hall–Kier alpha value is -3.22. The Balaban J connectivity index is 2.74. The molecule has 25 heavy (non-hydrogen) atoms. The molecule has 2 aromatic carbocycles. The van der Waals surface area contributed by atoms with E-state index in [0.29, 0.717) is 5.56 Å². The molecule has 2 aromatic rings. The molecule has 0 saturated heterocycles. The summed E-state index contributed by atoms with van der Waals surface area (Å²) in [5.74, 6) is -2.12. The van der Waals surface area contributed by atoms with Crippen LogP contribution in [0, 0.1) is 6.92 Å². The van der Waals surface area contributed by atoms with Gasteiger partial charge in [0.2, 0.25) is 5.78 Å². The number of methoxy groups -OCH3 is 3. The normalized spacial score (nSPS) is 10.2. The average molecular weight is 346 g/mol. The first kappa shape index (κ1) is 18.1. The van der Waals surface area contributed by atoms with Crippen LogP contribution in [0.1, 0.15) is 31.8 Å². The minimum atomic E-state index is -0.830. The van der Waals surface area contributed by atoms with Gasteiger partial charge in [0.15, 0.2) is 0 Å². The molecule has 0 atom stereocenters. The second-order valence-electron chi connectivity index (χ2n) is 5.25. The number of aromatic hydroxyl groups is 2. The number of ketones is 1. The van der Waals surface area contributed by atoms with Crippen LogP contribution in [-0.2, 0) is 4.74 Å². The zero-order chi connectivity index (χ0) is 18.7. The second kappa shape index (κ2) is 7.12. The Morgan fingerprint density at radius 3 is 2.08 bits per heavy atom. The molecule has 0 fully saturated rings. The quantitative estimate of drug-likeness (QED) is 0.633. The molecule has 0 aliphatic carbocycles. The topological polar surface area (TPSA) is 102 Å². The lowest BCUT2D eigenvalue weighted by Crippen LogP contribution is -2.13. The van der Waals surface area contributed by atoms with E-state index in [1.807, 2.05) is 0 Å². The molecule has 7 heteroatoms. The number of rotatable bonds is 5. The largest absolute Gasteiger partial charge is 0.507 e. The van der Waals surface area contributed by atoms with E-state index < -0.39 is 17.5 Å². The summed E-state index contributed by atoms with van der Waals surface area (Å²) in [4.78, 5) is 25.0. The van der Waals surface area contributed by atoms with Gasteiger partial charge in [0.05, 0.1) is 32.5 Å². The van der Waals surface area contributed by atoms with Crippen molar-refractivity contribution in [3.05, 3.63) is 46.5 Å². The first-order chi connectivity index (χ1) is 11.8. The van der Waals surface area contributed by atoms with E-state index in [0.717, 1.165) is 7.11 Å². The lowest BCUT2D eigenvalue weighted by atomic mass is 9.95. The van der Waals surface area contributed by atoms with Crippen LogP contribution in [0.25, 0.3) is 0 Å². The van der Waals surface area contributed by atoms with Crippen molar-refractivity contribution in [2.75, 3.05) is 21.3 Å². The number of phenolic OH excluding ortho intramolecular Hbond substituents is 2. The van der Waals surface area contributed by atoms with Crippen LogP contribution in [0.4, 0.5) is 0 Å². The summed E-state index contributed by atoms with van der Waals surface area (Å²) in [6.07, 6.45) is 0. The highest BCUT2D eigenvalue weighted by Gasteiger charge is 2.28. The molecule has 2 rings (SSSR count). The molecule has 0 radical (unpaired) electrons. The van der Waals surface area contributed by atoms with Crippen molar-refractivity contribution in [2.24, 2.45) is 0 Å². The van der Waals surface area contributed by atoms with Gasteiger partial charge in [0.25, 0.3) is 0 Å². The van der Waals surface area contributed by atoms with Gasteiger partial charge >= 0.3 is 5.97 Å². The Morgan fingerprint density at radius 1 is 0.880 bits per heavy atom. The van der Waals surface area contributed by atoms with Crippen LogP contribution < -0.4 is 9.47 Å². The molecule has 0 saturated carbocycles. The molecule has 0 unspecified atom stereocenters. The monoisotopic (exact) mass is 346 g/mol. The van der Waals surface area contributed by atoms with E-state index >= 15 is 0 Å². The maximum Gasteiger partial charge on any atom is 0.338 e. The van der Waals surface area contributed by atoms with Gasteiger partial charge in [0.1, 0.15) is 28.6 Å². The number of carbonyl (C=O) groups is 2. The van der Waals surface area contributed by atoms with Crippen LogP contribution in [0.2, 0.25) is 0 Å². The Morgan fingerprint density at radius 2 is 1.52 bits per heavy atom. The summed E-state index contributed by atoms with van der Waals surface area (Å²) in [7, 11) is 3.85. The molecular formula is C18H18O7. The molecule has 0 aliphatic heterocycles. The fraction of sp³-hybridized carbons (Fsp3) is 0.222. The van der Waals surface area contributed by atoms with Gasteiger partial charge in [-0.3, -0.25) is 4.79 Å². The third-order valence-corrected chi connectivity index (χ3v) is 3.63. The van der Waals surface area contributed by atoms with E-state index in [2.05, 4.69) is 4.74 Å². The number of hydrogen-bond acceptors (Lipinski definition) is 7. The lowest BCUT2D eigenvalue weighted by molar-refractivity contribution is 0.0596. The summed E-state index contributed by atoms with van der Waals surface area (Å²) in [6.45, 7) is 1.72. The van der Waals surface area contributed by atoms with Crippen molar-refractivity contribution in [3.8, 4) is 23.0 Å². The van der Waals surface area contributed by atoms with Crippen molar-refractivity contribution >= 4 is 11.8 Å². The van der Waals surface area contributed by atoms with Gasteiger partial charge < -0.3 is 24.4 Å². The van der Waals surface area contributed by atoms with E-state index in [4.69, 9.17) is 9.47 Å². The Labute approximate surface area is 144 Å². The van der Waals surface area contributed by atoms with Gasteiger partial charge in [-0.2, -0.15) is 0 Å². The maximum absolute atomic E-state index is 13.0.